The van der Waals surface area contributed by atoms with Crippen LogP contribution in [0.1, 0.15) is 35.4 Å². The molecular formula is C33H28Cl2FN3O3S. The molecule has 0 bridgehead atoms. The molecule has 1 aliphatic heterocycles. The fraction of sp³-hybridized carbons (Fsp3) is 0.182. The van der Waals surface area contributed by atoms with Crippen LogP contribution in [0.5, 0.6) is 0 Å². The maximum Gasteiger partial charge on any atom is 0.250 e. The minimum absolute atomic E-state index is 0.0528. The predicted octanol–water partition coefficient (Wildman–Crippen LogP) is 7.42. The molecule has 1 fully saturated rings. The number of nitrogens with one attached hydrogen (secondary N) is 2. The summed E-state index contributed by atoms with van der Waals surface area (Å²) in [6.45, 7) is 0.552. The molecule has 0 unspecified atom stereocenters. The van der Waals surface area contributed by atoms with Gasteiger partial charge in [0.25, 0.3) is 0 Å². The first-order chi connectivity index (χ1) is 20.7. The van der Waals surface area contributed by atoms with E-state index < -0.39 is 15.8 Å². The van der Waals surface area contributed by atoms with E-state index in [1.54, 1.807) is 6.07 Å². The van der Waals surface area contributed by atoms with Crippen molar-refractivity contribution in [2.75, 3.05) is 18.4 Å². The third-order valence-corrected chi connectivity index (χ3v) is 10.3. The zero-order valence-corrected chi connectivity index (χ0v) is 25.3. The lowest BCUT2D eigenvalue weighted by Crippen LogP contribution is -2.42. The van der Waals surface area contributed by atoms with Gasteiger partial charge in [0.15, 0.2) is 0 Å². The highest BCUT2D eigenvalue weighted by Crippen LogP contribution is 2.36. The number of sulfonamides is 1. The summed E-state index contributed by atoms with van der Waals surface area (Å²) in [4.78, 5) is 15.5. The quantitative estimate of drug-likeness (QED) is 0.182. The molecule has 1 saturated heterocycles. The van der Waals surface area contributed by atoms with E-state index in [0.717, 1.165) is 28.1 Å². The molecule has 1 aromatic heterocycles. The van der Waals surface area contributed by atoms with Gasteiger partial charge in [0.2, 0.25) is 15.6 Å². The third-order valence-electron chi connectivity index (χ3n) is 7.85. The largest absolute Gasteiger partial charge is 0.382 e. The van der Waals surface area contributed by atoms with Crippen LogP contribution in [0.25, 0.3) is 10.9 Å². The van der Waals surface area contributed by atoms with E-state index in [4.69, 9.17) is 23.2 Å². The number of halogens is 3. The molecule has 0 radical (unpaired) electrons. The highest BCUT2D eigenvalue weighted by molar-refractivity contribution is 7.89. The van der Waals surface area contributed by atoms with Gasteiger partial charge in [0.1, 0.15) is 5.82 Å². The van der Waals surface area contributed by atoms with Crippen LogP contribution >= 0.6 is 23.2 Å². The zero-order chi connectivity index (χ0) is 30.1. The summed E-state index contributed by atoms with van der Waals surface area (Å²) in [7, 11) is -3.80. The van der Waals surface area contributed by atoms with Gasteiger partial charge in [-0.05, 0) is 84.1 Å². The second kappa shape index (κ2) is 12.1. The monoisotopic (exact) mass is 635 g/mol. The number of hydrogen-bond donors (Lipinski definition) is 2. The molecule has 6 rings (SSSR count). The average Bonchev–Trinajstić information content (AvgIpc) is 2.99. The summed E-state index contributed by atoms with van der Waals surface area (Å²) in [6, 6.07) is 28.0. The third kappa shape index (κ3) is 6.33. The molecular weight excluding hydrogens is 608 g/mol. The van der Waals surface area contributed by atoms with E-state index >= 15 is 0 Å². The molecule has 2 N–H and O–H groups in total. The summed E-state index contributed by atoms with van der Waals surface area (Å²) in [5.41, 5.74) is 4.26. The maximum absolute atomic E-state index is 13.7. The smallest absolute Gasteiger partial charge is 0.250 e. The van der Waals surface area contributed by atoms with Crippen LogP contribution in [0.15, 0.2) is 107 Å². The van der Waals surface area contributed by atoms with Crippen LogP contribution in [0.4, 0.5) is 10.1 Å². The van der Waals surface area contributed by atoms with Crippen molar-refractivity contribution in [2.24, 2.45) is 0 Å². The van der Waals surface area contributed by atoms with E-state index in [9.17, 15) is 17.6 Å². The van der Waals surface area contributed by atoms with Crippen molar-refractivity contribution in [1.82, 2.24) is 9.29 Å². The first-order valence-electron chi connectivity index (χ1n) is 13.9. The Morgan fingerprint density at radius 1 is 0.814 bits per heavy atom. The summed E-state index contributed by atoms with van der Waals surface area (Å²) >= 11 is 12.4. The lowest BCUT2D eigenvalue weighted by Gasteiger charge is -2.32. The molecule has 10 heteroatoms. The molecule has 0 spiro atoms. The van der Waals surface area contributed by atoms with Crippen molar-refractivity contribution in [1.29, 1.82) is 0 Å². The molecule has 6 nitrogen and oxygen atoms in total. The minimum Gasteiger partial charge on any atom is -0.382 e. The molecule has 0 atom stereocenters. The van der Waals surface area contributed by atoms with Crippen molar-refractivity contribution >= 4 is 49.8 Å². The highest BCUT2D eigenvalue weighted by Gasteiger charge is 2.30. The molecule has 0 aliphatic carbocycles. The Bertz CT molecular complexity index is 1890. The molecule has 220 valence electrons. The number of H-pyrrole nitrogens is 1. The number of benzene rings is 4. The van der Waals surface area contributed by atoms with Crippen molar-refractivity contribution in [3.05, 3.63) is 140 Å². The second-order valence-corrected chi connectivity index (χ2v) is 13.5. The van der Waals surface area contributed by atoms with E-state index in [0.29, 0.717) is 34.1 Å². The maximum atomic E-state index is 13.7. The van der Waals surface area contributed by atoms with Crippen molar-refractivity contribution in [3.8, 4) is 0 Å². The summed E-state index contributed by atoms with van der Waals surface area (Å²) in [5, 5.41) is 5.65. The Balaban J connectivity index is 1.30. The van der Waals surface area contributed by atoms with Gasteiger partial charge in [-0.25, -0.2) is 12.8 Å². The molecule has 1 aliphatic rings. The predicted molar refractivity (Wildman–Crippen MR) is 170 cm³/mol. The molecule has 2 heterocycles. The van der Waals surface area contributed by atoms with E-state index in [-0.39, 0.29) is 35.5 Å². The minimum atomic E-state index is -3.80. The Morgan fingerprint density at radius 2 is 1.42 bits per heavy atom. The van der Waals surface area contributed by atoms with Gasteiger partial charge in [-0.1, -0.05) is 59.6 Å². The van der Waals surface area contributed by atoms with Crippen LogP contribution in [0.2, 0.25) is 10.0 Å². The number of aromatic amines is 1. The first-order valence-corrected chi connectivity index (χ1v) is 16.1. The van der Waals surface area contributed by atoms with Crippen molar-refractivity contribution in [2.45, 2.75) is 29.7 Å². The highest BCUT2D eigenvalue weighted by atomic mass is 35.5. The SMILES string of the molecule is O=c1cc(NC2CCN(S(=O)(=O)c3cccc(F)c3)CC2)c2cc(C(c3ccc(Cl)cc3)c3ccc(Cl)cc3)ccc2[nH]1. The van der Waals surface area contributed by atoms with Gasteiger partial charge in [-0.3, -0.25) is 4.79 Å². The van der Waals surface area contributed by atoms with Gasteiger partial charge < -0.3 is 10.3 Å². The number of anilines is 1. The van der Waals surface area contributed by atoms with Crippen LogP contribution in [0, 0.1) is 5.82 Å². The zero-order valence-electron chi connectivity index (χ0n) is 22.9. The van der Waals surface area contributed by atoms with Gasteiger partial charge in [-0.15, -0.1) is 0 Å². The van der Waals surface area contributed by atoms with Crippen LogP contribution in [0.3, 0.4) is 0 Å². The standard InChI is InChI=1S/C33H28Cl2FN3O3S/c34-24-9-4-21(5-10-24)33(22-6-11-25(35)12-7-22)23-8-13-30-29(18-23)31(20-32(40)38-30)37-27-14-16-39(17-15-27)43(41,42)28-3-1-2-26(36)19-28/h1-13,18-20,27,33H,14-17H2,(H2,37,38,40). The molecule has 4 aromatic carbocycles. The Kier molecular flexibility index (Phi) is 8.29. The number of aromatic nitrogens is 1. The number of piperidine rings is 1. The van der Waals surface area contributed by atoms with E-state index in [1.807, 2.05) is 60.7 Å². The fourth-order valence-electron chi connectivity index (χ4n) is 5.70. The van der Waals surface area contributed by atoms with Gasteiger partial charge >= 0.3 is 0 Å². The number of fused-ring (bicyclic) bond motifs is 1. The molecule has 43 heavy (non-hydrogen) atoms. The first kappa shape index (κ1) is 29.4. The molecule has 5 aromatic rings. The number of pyridine rings is 1. The van der Waals surface area contributed by atoms with Crippen LogP contribution in [-0.4, -0.2) is 36.8 Å². The molecule has 0 saturated carbocycles. The van der Waals surface area contributed by atoms with Gasteiger partial charge in [0, 0.05) is 52.2 Å². The summed E-state index contributed by atoms with van der Waals surface area (Å²) in [5.74, 6) is -0.706. The lowest BCUT2D eigenvalue weighted by atomic mass is 9.84. The summed E-state index contributed by atoms with van der Waals surface area (Å²) < 4.78 is 41.2. The lowest BCUT2D eigenvalue weighted by molar-refractivity contribution is 0.329. The van der Waals surface area contributed by atoms with Crippen molar-refractivity contribution in [3.63, 3.8) is 0 Å². The second-order valence-electron chi connectivity index (χ2n) is 10.7. The Hall–Kier alpha value is -3.69. The average molecular weight is 637 g/mol. The Labute approximate surface area is 259 Å². The number of nitrogens with zero attached hydrogens (tertiary/aromatic N) is 1. The van der Waals surface area contributed by atoms with E-state index in [2.05, 4.69) is 16.4 Å². The van der Waals surface area contributed by atoms with E-state index in [1.165, 1.54) is 22.5 Å². The van der Waals surface area contributed by atoms with Gasteiger partial charge in [-0.2, -0.15) is 4.31 Å². The fourth-order valence-corrected chi connectivity index (χ4v) is 7.45. The molecule has 0 amide bonds. The van der Waals surface area contributed by atoms with Crippen molar-refractivity contribution < 1.29 is 12.8 Å². The Morgan fingerprint density at radius 3 is 2.02 bits per heavy atom. The topological polar surface area (TPSA) is 82.3 Å². The summed E-state index contributed by atoms with van der Waals surface area (Å²) in [6.07, 6.45) is 1.06. The normalized spacial score (nSPS) is 14.8. The number of rotatable bonds is 7. The van der Waals surface area contributed by atoms with Gasteiger partial charge in [0.05, 0.1) is 10.4 Å². The number of hydrogen-bond acceptors (Lipinski definition) is 4. The van der Waals surface area contributed by atoms with Crippen LogP contribution < -0.4 is 10.9 Å². The van der Waals surface area contributed by atoms with Crippen LogP contribution in [-0.2, 0) is 10.0 Å².